The molecule has 0 saturated carbocycles. The highest BCUT2D eigenvalue weighted by atomic mass is 35.5. The Morgan fingerprint density at radius 3 is 2.85 bits per heavy atom. The summed E-state index contributed by atoms with van der Waals surface area (Å²) in [7, 11) is 0. The molecule has 1 fully saturated rings. The zero-order valence-corrected chi connectivity index (χ0v) is 11.8. The van der Waals surface area contributed by atoms with Crippen LogP contribution >= 0.6 is 11.6 Å². The molecule has 1 amide bonds. The van der Waals surface area contributed by atoms with Crippen LogP contribution in [-0.2, 0) is 6.42 Å². The van der Waals surface area contributed by atoms with Gasteiger partial charge in [0.2, 0.25) is 0 Å². The lowest BCUT2D eigenvalue weighted by atomic mass is 9.99. The van der Waals surface area contributed by atoms with Crippen LogP contribution in [0.5, 0.6) is 0 Å². The number of rotatable bonds is 2. The van der Waals surface area contributed by atoms with E-state index in [2.05, 4.69) is 17.1 Å². The van der Waals surface area contributed by atoms with E-state index in [1.54, 1.807) is 18.7 Å². The molecule has 104 valence electrons. The molecular formula is C15H16ClN3O. The topological polar surface area (TPSA) is 38.1 Å². The van der Waals surface area contributed by atoms with Crippen LogP contribution in [0.3, 0.4) is 0 Å². The molecule has 4 nitrogen and oxygen atoms in total. The van der Waals surface area contributed by atoms with E-state index in [9.17, 15) is 4.79 Å². The summed E-state index contributed by atoms with van der Waals surface area (Å²) >= 11 is 5.89. The van der Waals surface area contributed by atoms with E-state index in [0.29, 0.717) is 5.92 Å². The second-order valence-corrected chi connectivity index (χ2v) is 5.62. The summed E-state index contributed by atoms with van der Waals surface area (Å²) in [5.41, 5.74) is 1.27. The van der Waals surface area contributed by atoms with Crippen LogP contribution in [0.1, 0.15) is 12.0 Å². The summed E-state index contributed by atoms with van der Waals surface area (Å²) in [6, 6.07) is 7.97. The fourth-order valence-corrected chi connectivity index (χ4v) is 2.79. The molecule has 3 rings (SSSR count). The Balaban J connectivity index is 1.59. The Hall–Kier alpha value is -1.81. The fraction of sp³-hybridized carbons (Fsp3) is 0.333. The highest BCUT2D eigenvalue weighted by Crippen LogP contribution is 2.22. The third-order valence-corrected chi connectivity index (χ3v) is 3.97. The van der Waals surface area contributed by atoms with Gasteiger partial charge in [0.1, 0.15) is 6.33 Å². The molecule has 1 saturated heterocycles. The van der Waals surface area contributed by atoms with E-state index >= 15 is 0 Å². The molecule has 0 spiro atoms. The van der Waals surface area contributed by atoms with Gasteiger partial charge in [0.05, 0.1) is 0 Å². The Labute approximate surface area is 123 Å². The first-order chi connectivity index (χ1) is 9.72. The van der Waals surface area contributed by atoms with Gasteiger partial charge < -0.3 is 4.90 Å². The van der Waals surface area contributed by atoms with Gasteiger partial charge >= 0.3 is 6.03 Å². The maximum absolute atomic E-state index is 12.2. The zero-order valence-electron chi connectivity index (χ0n) is 11.1. The minimum Gasteiger partial charge on any atom is -0.324 e. The summed E-state index contributed by atoms with van der Waals surface area (Å²) < 4.78 is 1.53. The maximum atomic E-state index is 12.2. The summed E-state index contributed by atoms with van der Waals surface area (Å²) in [6.07, 6.45) is 6.90. The number of amides is 1. The normalized spacial score (nSPS) is 18.4. The number of imidazole rings is 1. The van der Waals surface area contributed by atoms with E-state index in [4.69, 9.17) is 11.6 Å². The molecule has 0 radical (unpaired) electrons. The van der Waals surface area contributed by atoms with Crippen molar-refractivity contribution in [3.63, 3.8) is 0 Å². The third kappa shape index (κ3) is 2.85. The van der Waals surface area contributed by atoms with Gasteiger partial charge in [0, 0.05) is 30.5 Å². The smallest absolute Gasteiger partial charge is 0.324 e. The van der Waals surface area contributed by atoms with E-state index < -0.39 is 0 Å². The molecule has 2 aromatic rings. The molecule has 20 heavy (non-hydrogen) atoms. The molecule has 1 aromatic heterocycles. The molecule has 0 bridgehead atoms. The summed E-state index contributed by atoms with van der Waals surface area (Å²) in [5.74, 6) is 0.517. The Morgan fingerprint density at radius 2 is 2.15 bits per heavy atom. The highest BCUT2D eigenvalue weighted by Gasteiger charge is 2.26. The number of aromatic nitrogens is 2. The van der Waals surface area contributed by atoms with Crippen molar-refractivity contribution in [2.45, 2.75) is 12.8 Å². The van der Waals surface area contributed by atoms with Gasteiger partial charge in [0.25, 0.3) is 0 Å². The maximum Gasteiger partial charge on any atom is 0.329 e. The van der Waals surface area contributed by atoms with Crippen molar-refractivity contribution in [1.82, 2.24) is 14.5 Å². The predicted octanol–water partition coefficient (Wildman–Crippen LogP) is 3.07. The predicted molar refractivity (Wildman–Crippen MR) is 77.9 cm³/mol. The van der Waals surface area contributed by atoms with Crippen LogP contribution in [0.4, 0.5) is 4.79 Å². The lowest BCUT2D eigenvalue weighted by Gasteiger charge is -2.16. The Morgan fingerprint density at radius 1 is 1.35 bits per heavy atom. The largest absolute Gasteiger partial charge is 0.329 e. The highest BCUT2D eigenvalue weighted by molar-refractivity contribution is 6.30. The average Bonchev–Trinajstić information content (AvgIpc) is 3.12. The van der Waals surface area contributed by atoms with Gasteiger partial charge in [-0.2, -0.15) is 0 Å². The zero-order chi connectivity index (χ0) is 13.9. The van der Waals surface area contributed by atoms with Crippen molar-refractivity contribution in [1.29, 1.82) is 0 Å². The lowest BCUT2D eigenvalue weighted by Crippen LogP contribution is -2.32. The minimum absolute atomic E-state index is 0.0149. The summed E-state index contributed by atoms with van der Waals surface area (Å²) in [4.78, 5) is 18.0. The van der Waals surface area contributed by atoms with Crippen LogP contribution in [0, 0.1) is 5.92 Å². The van der Waals surface area contributed by atoms with Gasteiger partial charge in [-0.15, -0.1) is 0 Å². The van der Waals surface area contributed by atoms with E-state index in [1.807, 2.05) is 17.0 Å². The minimum atomic E-state index is 0.0149. The van der Waals surface area contributed by atoms with Crippen LogP contribution in [0.2, 0.25) is 5.02 Å². The number of likely N-dealkylation sites (tertiary alicyclic amines) is 1. The van der Waals surface area contributed by atoms with Crippen LogP contribution in [-0.4, -0.2) is 33.6 Å². The molecule has 1 atom stereocenters. The summed E-state index contributed by atoms with van der Waals surface area (Å²) in [6.45, 7) is 1.62. The van der Waals surface area contributed by atoms with Gasteiger partial charge in [-0.1, -0.05) is 23.7 Å². The number of carbonyl (C=O) groups is 1. The first-order valence-corrected chi connectivity index (χ1v) is 7.12. The van der Waals surface area contributed by atoms with Crippen molar-refractivity contribution >= 4 is 17.6 Å². The molecule has 5 heteroatoms. The standard InChI is InChI=1S/C15H16ClN3O/c16-14-3-1-12(2-4-14)9-13-5-7-18(10-13)15(20)19-8-6-17-11-19/h1-4,6,8,11,13H,5,7,9-10H2. The van der Waals surface area contributed by atoms with Gasteiger partial charge in [0.15, 0.2) is 0 Å². The van der Waals surface area contributed by atoms with E-state index in [-0.39, 0.29) is 6.03 Å². The number of halogens is 1. The van der Waals surface area contributed by atoms with E-state index in [0.717, 1.165) is 31.0 Å². The molecule has 1 unspecified atom stereocenters. The quantitative estimate of drug-likeness (QED) is 0.852. The number of benzene rings is 1. The molecule has 1 aliphatic rings. The average molecular weight is 290 g/mol. The number of hydrogen-bond acceptors (Lipinski definition) is 2. The molecule has 2 heterocycles. The number of carbonyl (C=O) groups excluding carboxylic acids is 1. The van der Waals surface area contributed by atoms with Crippen molar-refractivity contribution < 1.29 is 4.79 Å². The van der Waals surface area contributed by atoms with Crippen molar-refractivity contribution in [3.05, 3.63) is 53.6 Å². The second kappa shape index (κ2) is 5.67. The van der Waals surface area contributed by atoms with Crippen molar-refractivity contribution in [2.75, 3.05) is 13.1 Å². The lowest BCUT2D eigenvalue weighted by molar-refractivity contribution is 0.208. The number of hydrogen-bond donors (Lipinski definition) is 0. The van der Waals surface area contributed by atoms with Crippen LogP contribution in [0.15, 0.2) is 43.0 Å². The van der Waals surface area contributed by atoms with E-state index in [1.165, 1.54) is 10.1 Å². The molecule has 1 aliphatic heterocycles. The SMILES string of the molecule is O=C(N1CCC(Cc2ccc(Cl)cc2)C1)n1ccnc1. The van der Waals surface area contributed by atoms with Crippen LogP contribution < -0.4 is 0 Å². The third-order valence-electron chi connectivity index (χ3n) is 3.72. The molecular weight excluding hydrogens is 274 g/mol. The second-order valence-electron chi connectivity index (χ2n) is 5.18. The van der Waals surface area contributed by atoms with Gasteiger partial charge in [-0.3, -0.25) is 4.57 Å². The van der Waals surface area contributed by atoms with Crippen molar-refractivity contribution in [2.24, 2.45) is 5.92 Å². The first-order valence-electron chi connectivity index (χ1n) is 6.74. The Kier molecular flexibility index (Phi) is 3.74. The molecule has 1 aromatic carbocycles. The summed E-state index contributed by atoms with van der Waals surface area (Å²) in [5, 5.41) is 0.761. The molecule has 0 N–H and O–H groups in total. The van der Waals surface area contributed by atoms with Crippen LogP contribution in [0.25, 0.3) is 0 Å². The molecule has 0 aliphatic carbocycles. The van der Waals surface area contributed by atoms with Crippen molar-refractivity contribution in [3.8, 4) is 0 Å². The van der Waals surface area contributed by atoms with Gasteiger partial charge in [-0.25, -0.2) is 9.78 Å². The van der Waals surface area contributed by atoms with Gasteiger partial charge in [-0.05, 0) is 36.5 Å². The number of nitrogens with zero attached hydrogens (tertiary/aromatic N) is 3. The monoisotopic (exact) mass is 289 g/mol. The Bertz CT molecular complexity index is 580. The fourth-order valence-electron chi connectivity index (χ4n) is 2.66. The first kappa shape index (κ1) is 13.2.